The molecule has 1 aromatic heterocycles. The van der Waals surface area contributed by atoms with Crippen molar-refractivity contribution in [2.24, 2.45) is 12.8 Å². The Labute approximate surface area is 170 Å². The van der Waals surface area contributed by atoms with Crippen molar-refractivity contribution in [3.05, 3.63) is 83.0 Å². The Morgan fingerprint density at radius 3 is 2.90 bits per heavy atom. The first-order valence-electron chi connectivity index (χ1n) is 9.44. The molecule has 0 radical (unpaired) electrons. The van der Waals surface area contributed by atoms with E-state index in [1.807, 2.05) is 33.0 Å². The number of nitrogens with zero attached hydrogens (tertiary/aromatic N) is 3. The molecule has 0 saturated carbocycles. The zero-order valence-electron chi connectivity index (χ0n) is 16.9. The number of rotatable bonds is 4. The Balaban J connectivity index is 2.04. The van der Waals surface area contributed by atoms with Gasteiger partial charge in [-0.05, 0) is 37.6 Å². The van der Waals surface area contributed by atoms with Gasteiger partial charge in [-0.3, -0.25) is 9.48 Å². The lowest BCUT2D eigenvalue weighted by Crippen LogP contribution is -2.39. The third-order valence-corrected chi connectivity index (χ3v) is 5.08. The summed E-state index contributed by atoms with van der Waals surface area (Å²) >= 11 is 0. The van der Waals surface area contributed by atoms with Crippen molar-refractivity contribution in [1.82, 2.24) is 14.7 Å². The molecule has 1 aliphatic rings. The maximum absolute atomic E-state index is 14.2. The van der Waals surface area contributed by atoms with Gasteiger partial charge in [-0.1, -0.05) is 24.8 Å². The molecule has 1 unspecified atom stereocenters. The van der Waals surface area contributed by atoms with E-state index in [2.05, 4.69) is 17.0 Å². The van der Waals surface area contributed by atoms with E-state index >= 15 is 0 Å². The van der Waals surface area contributed by atoms with Crippen LogP contribution in [0.1, 0.15) is 35.3 Å². The number of aromatic nitrogens is 2. The molecule has 7 heteroatoms. The van der Waals surface area contributed by atoms with Gasteiger partial charge in [-0.15, -0.1) is 0 Å². The molecular weight excluding hydrogens is 369 g/mol. The molecular formula is C22H26FN5O. The second-order valence-corrected chi connectivity index (χ2v) is 7.13. The number of fused-ring (bicyclic) bond motifs is 1. The highest BCUT2D eigenvalue weighted by atomic mass is 19.1. The van der Waals surface area contributed by atoms with E-state index in [1.165, 1.54) is 6.07 Å². The van der Waals surface area contributed by atoms with E-state index in [-0.39, 0.29) is 24.1 Å². The van der Waals surface area contributed by atoms with Crippen molar-refractivity contribution < 1.29 is 9.18 Å². The van der Waals surface area contributed by atoms with Gasteiger partial charge in [0.25, 0.3) is 5.91 Å². The summed E-state index contributed by atoms with van der Waals surface area (Å²) in [6.07, 6.45) is 7.33. The number of nitrogens with two attached hydrogens (primary N) is 1. The highest BCUT2D eigenvalue weighted by molar-refractivity contribution is 5.95. The van der Waals surface area contributed by atoms with Crippen LogP contribution >= 0.6 is 0 Å². The Hall–Kier alpha value is -3.19. The lowest BCUT2D eigenvalue weighted by molar-refractivity contribution is 0.0705. The number of hydrogen-bond donors (Lipinski definition) is 2. The number of halogens is 1. The fourth-order valence-corrected chi connectivity index (χ4v) is 3.38. The number of anilines is 1. The first kappa shape index (κ1) is 20.5. The van der Waals surface area contributed by atoms with Gasteiger partial charge in [0.05, 0.1) is 18.8 Å². The molecule has 6 nitrogen and oxygen atoms in total. The van der Waals surface area contributed by atoms with Crippen LogP contribution < -0.4 is 11.1 Å². The van der Waals surface area contributed by atoms with Gasteiger partial charge in [0.15, 0.2) is 0 Å². The van der Waals surface area contributed by atoms with Crippen LogP contribution in [0.25, 0.3) is 0 Å². The van der Waals surface area contributed by atoms with E-state index in [1.54, 1.807) is 34.0 Å². The molecule has 3 N–H and O–H groups in total. The number of hydrogen-bond acceptors (Lipinski definition) is 4. The SMILES string of the molecule is C=C/C=C(C)\C=C1\Nc2c(cnn2C)CN(C(=O)c2ccc(CN)c(F)c2)C1C. The first-order valence-corrected chi connectivity index (χ1v) is 9.44. The van der Waals surface area contributed by atoms with Gasteiger partial charge in [0.2, 0.25) is 0 Å². The van der Waals surface area contributed by atoms with Crippen LogP contribution in [0.15, 0.2) is 60.5 Å². The molecule has 152 valence electrons. The minimum Gasteiger partial charge on any atom is -0.342 e. The van der Waals surface area contributed by atoms with Crippen LogP contribution in [-0.2, 0) is 20.1 Å². The maximum atomic E-state index is 14.2. The van der Waals surface area contributed by atoms with Crippen molar-refractivity contribution in [1.29, 1.82) is 0 Å². The topological polar surface area (TPSA) is 76.2 Å². The van der Waals surface area contributed by atoms with E-state index in [9.17, 15) is 9.18 Å². The summed E-state index contributed by atoms with van der Waals surface area (Å²) in [5.74, 6) is 0.103. The number of nitrogens with one attached hydrogen (secondary N) is 1. The third kappa shape index (κ3) is 4.14. The summed E-state index contributed by atoms with van der Waals surface area (Å²) in [7, 11) is 1.85. The molecule has 2 aromatic rings. The standard InChI is InChI=1S/C22H26FN5O/c1-5-6-14(2)9-20-15(3)28(13-18-12-25-27(4)21(18)26-20)22(29)16-7-8-17(11-24)19(23)10-16/h5-10,12,15,26H,1,11,13,24H2,2-4H3/b14-6-,20-9+. The van der Waals surface area contributed by atoms with Gasteiger partial charge < -0.3 is 16.0 Å². The highest BCUT2D eigenvalue weighted by Gasteiger charge is 2.30. The summed E-state index contributed by atoms with van der Waals surface area (Å²) in [4.78, 5) is 15.0. The van der Waals surface area contributed by atoms with Gasteiger partial charge in [-0.2, -0.15) is 5.10 Å². The van der Waals surface area contributed by atoms with Gasteiger partial charge in [-0.25, -0.2) is 4.39 Å². The predicted molar refractivity (Wildman–Crippen MR) is 112 cm³/mol. The molecule has 3 rings (SSSR count). The first-order chi connectivity index (χ1) is 13.8. The number of aryl methyl sites for hydroxylation is 1. The fourth-order valence-electron chi connectivity index (χ4n) is 3.38. The zero-order valence-corrected chi connectivity index (χ0v) is 16.9. The number of carbonyl (C=O) groups is 1. The normalized spacial score (nSPS) is 18.2. The molecule has 0 spiro atoms. The molecule has 1 amide bonds. The van der Waals surface area contributed by atoms with E-state index in [0.717, 1.165) is 22.7 Å². The number of benzene rings is 1. The van der Waals surface area contributed by atoms with Crippen LogP contribution in [-0.4, -0.2) is 26.6 Å². The maximum Gasteiger partial charge on any atom is 0.254 e. The van der Waals surface area contributed by atoms with Crippen molar-refractivity contribution in [3.8, 4) is 0 Å². The quantitative estimate of drug-likeness (QED) is 0.777. The zero-order chi connectivity index (χ0) is 21.1. The molecule has 1 atom stereocenters. The van der Waals surface area contributed by atoms with Gasteiger partial charge >= 0.3 is 0 Å². The molecule has 0 saturated heterocycles. The minimum absolute atomic E-state index is 0.0885. The predicted octanol–water partition coefficient (Wildman–Crippen LogP) is 3.49. The van der Waals surface area contributed by atoms with E-state index in [4.69, 9.17) is 5.73 Å². The number of amides is 1. The summed E-state index contributed by atoms with van der Waals surface area (Å²) in [6.45, 7) is 8.09. The Kier molecular flexibility index (Phi) is 5.98. The molecule has 29 heavy (non-hydrogen) atoms. The molecule has 2 heterocycles. The smallest absolute Gasteiger partial charge is 0.254 e. The number of carbonyl (C=O) groups excluding carboxylic acids is 1. The fraction of sp³-hybridized carbons (Fsp3) is 0.273. The van der Waals surface area contributed by atoms with Crippen LogP contribution in [0.4, 0.5) is 10.2 Å². The van der Waals surface area contributed by atoms with E-state index < -0.39 is 5.82 Å². The summed E-state index contributed by atoms with van der Waals surface area (Å²) < 4.78 is 16.0. The van der Waals surface area contributed by atoms with Crippen molar-refractivity contribution >= 4 is 11.7 Å². The summed E-state index contributed by atoms with van der Waals surface area (Å²) in [6, 6.07) is 4.17. The Morgan fingerprint density at radius 1 is 1.48 bits per heavy atom. The monoisotopic (exact) mass is 395 g/mol. The molecule has 0 fully saturated rings. The Morgan fingerprint density at radius 2 is 2.24 bits per heavy atom. The molecule has 1 aliphatic heterocycles. The summed E-state index contributed by atoms with van der Waals surface area (Å²) in [5.41, 5.74) is 8.93. The summed E-state index contributed by atoms with van der Waals surface area (Å²) in [5, 5.41) is 7.72. The Bertz CT molecular complexity index is 1000. The second-order valence-electron chi connectivity index (χ2n) is 7.13. The van der Waals surface area contributed by atoms with Crippen LogP contribution in [0, 0.1) is 5.82 Å². The minimum atomic E-state index is -0.471. The van der Waals surface area contributed by atoms with Crippen molar-refractivity contribution in [3.63, 3.8) is 0 Å². The van der Waals surface area contributed by atoms with E-state index in [0.29, 0.717) is 12.1 Å². The average molecular weight is 395 g/mol. The highest BCUT2D eigenvalue weighted by Crippen LogP contribution is 2.29. The molecule has 1 aromatic carbocycles. The second kappa shape index (κ2) is 8.45. The van der Waals surface area contributed by atoms with Gasteiger partial charge in [0, 0.05) is 36.0 Å². The molecule has 0 aliphatic carbocycles. The lowest BCUT2D eigenvalue weighted by Gasteiger charge is -2.29. The van der Waals surface area contributed by atoms with Crippen molar-refractivity contribution in [2.45, 2.75) is 33.0 Å². The average Bonchev–Trinajstić information content (AvgIpc) is 2.96. The largest absolute Gasteiger partial charge is 0.342 e. The lowest BCUT2D eigenvalue weighted by atomic mass is 10.1. The third-order valence-electron chi connectivity index (χ3n) is 5.08. The molecule has 0 bridgehead atoms. The van der Waals surface area contributed by atoms with Crippen molar-refractivity contribution in [2.75, 3.05) is 5.32 Å². The van der Waals surface area contributed by atoms with Gasteiger partial charge in [0.1, 0.15) is 11.6 Å². The van der Waals surface area contributed by atoms with Crippen LogP contribution in [0.5, 0.6) is 0 Å². The number of allylic oxidation sites excluding steroid dienone is 4. The van der Waals surface area contributed by atoms with Crippen LogP contribution in [0.3, 0.4) is 0 Å². The van der Waals surface area contributed by atoms with Crippen LogP contribution in [0.2, 0.25) is 0 Å².